The van der Waals surface area contributed by atoms with E-state index in [1.807, 2.05) is 0 Å². The summed E-state index contributed by atoms with van der Waals surface area (Å²) in [6, 6.07) is 2.19. The summed E-state index contributed by atoms with van der Waals surface area (Å²) < 4.78 is 0. The van der Waals surface area contributed by atoms with Gasteiger partial charge in [0.1, 0.15) is 10.6 Å². The summed E-state index contributed by atoms with van der Waals surface area (Å²) in [5.41, 5.74) is 0. The third-order valence-electron chi connectivity index (χ3n) is 3.80. The zero-order valence-corrected chi connectivity index (χ0v) is 12.7. The molecule has 0 unspecified atom stereocenters. The minimum Gasteiger partial charge on any atom is -0.369 e. The molecule has 0 spiro atoms. The lowest BCUT2D eigenvalue weighted by Crippen LogP contribution is -2.12. The summed E-state index contributed by atoms with van der Waals surface area (Å²) in [6.45, 7) is 3.16. The number of aryl methyl sites for hydroxylation is 1. The van der Waals surface area contributed by atoms with Crippen molar-refractivity contribution in [2.45, 2.75) is 39.0 Å². The van der Waals surface area contributed by atoms with Gasteiger partial charge in [0.25, 0.3) is 0 Å². The van der Waals surface area contributed by atoms with Crippen molar-refractivity contribution in [3.05, 3.63) is 16.2 Å². The molecule has 1 N–H and O–H groups in total. The molecule has 0 aliphatic heterocycles. The van der Waals surface area contributed by atoms with Crippen molar-refractivity contribution < 1.29 is 0 Å². The third kappa shape index (κ3) is 2.84. The maximum absolute atomic E-state index is 6.02. The Balaban J connectivity index is 1.85. The molecule has 0 bridgehead atoms. The Morgan fingerprint density at radius 2 is 2.16 bits per heavy atom. The van der Waals surface area contributed by atoms with E-state index in [1.165, 1.54) is 30.6 Å². The molecule has 0 saturated heterocycles. The maximum atomic E-state index is 6.02. The van der Waals surface area contributed by atoms with Gasteiger partial charge in [-0.3, -0.25) is 0 Å². The lowest BCUT2D eigenvalue weighted by molar-refractivity contribution is 0.579. The molecule has 1 fully saturated rings. The monoisotopic (exact) mass is 295 g/mol. The van der Waals surface area contributed by atoms with Gasteiger partial charge >= 0.3 is 0 Å². The van der Waals surface area contributed by atoms with Gasteiger partial charge in [-0.05, 0) is 42.8 Å². The first kappa shape index (κ1) is 13.1. The Morgan fingerprint density at radius 3 is 2.89 bits per heavy atom. The third-order valence-corrected chi connectivity index (χ3v) is 5.14. The van der Waals surface area contributed by atoms with Crippen LogP contribution in [0.2, 0.25) is 5.28 Å². The van der Waals surface area contributed by atoms with E-state index >= 15 is 0 Å². The fraction of sp³-hybridized carbons (Fsp3) is 0.571. The molecule has 2 heterocycles. The Morgan fingerprint density at radius 1 is 1.37 bits per heavy atom. The van der Waals surface area contributed by atoms with Gasteiger partial charge in [0, 0.05) is 11.4 Å². The second kappa shape index (κ2) is 5.63. The minimum atomic E-state index is 0.339. The lowest BCUT2D eigenvalue weighted by atomic mass is 10.1. The van der Waals surface area contributed by atoms with Crippen molar-refractivity contribution in [3.63, 3.8) is 0 Å². The van der Waals surface area contributed by atoms with Crippen molar-refractivity contribution in [1.29, 1.82) is 0 Å². The fourth-order valence-electron chi connectivity index (χ4n) is 2.71. The van der Waals surface area contributed by atoms with E-state index in [4.69, 9.17) is 11.6 Å². The van der Waals surface area contributed by atoms with Crippen LogP contribution in [0.1, 0.15) is 37.5 Å². The van der Waals surface area contributed by atoms with Gasteiger partial charge in [0.05, 0.1) is 5.39 Å². The number of hydrogen-bond acceptors (Lipinski definition) is 4. The molecule has 2 aromatic heterocycles. The molecule has 0 atom stereocenters. The summed E-state index contributed by atoms with van der Waals surface area (Å²) >= 11 is 7.72. The predicted molar refractivity (Wildman–Crippen MR) is 82.3 cm³/mol. The standard InChI is InChI=1S/C14H18ClN3S/c1-2-10-7-11-12(16-8-9-5-3-4-6-9)17-14(15)18-13(11)19-10/h7,9H,2-6,8H2,1H3,(H,16,17,18). The molecule has 102 valence electrons. The van der Waals surface area contributed by atoms with Crippen molar-refractivity contribution in [3.8, 4) is 0 Å². The van der Waals surface area contributed by atoms with E-state index in [1.54, 1.807) is 11.3 Å². The molecule has 1 aliphatic carbocycles. The quantitative estimate of drug-likeness (QED) is 0.843. The van der Waals surface area contributed by atoms with Gasteiger partial charge in [-0.15, -0.1) is 11.3 Å². The Hall–Kier alpha value is -0.870. The fourth-order valence-corrected chi connectivity index (χ4v) is 3.90. The topological polar surface area (TPSA) is 37.8 Å². The normalized spacial score (nSPS) is 16.3. The van der Waals surface area contributed by atoms with Crippen LogP contribution in [0.4, 0.5) is 5.82 Å². The summed E-state index contributed by atoms with van der Waals surface area (Å²) in [6.07, 6.45) is 6.42. The first-order valence-electron chi connectivity index (χ1n) is 6.96. The van der Waals surface area contributed by atoms with Crippen LogP contribution >= 0.6 is 22.9 Å². The van der Waals surface area contributed by atoms with Crippen LogP contribution in [-0.4, -0.2) is 16.5 Å². The average Bonchev–Trinajstić information content (AvgIpc) is 3.04. The molecule has 0 amide bonds. The van der Waals surface area contributed by atoms with E-state index in [9.17, 15) is 0 Å². The van der Waals surface area contributed by atoms with E-state index in [2.05, 4.69) is 28.3 Å². The number of rotatable bonds is 4. The number of hydrogen-bond donors (Lipinski definition) is 1. The molecule has 3 nitrogen and oxygen atoms in total. The Labute approximate surface area is 122 Å². The van der Waals surface area contributed by atoms with Gasteiger partial charge < -0.3 is 5.32 Å². The van der Waals surface area contributed by atoms with Crippen LogP contribution in [0.3, 0.4) is 0 Å². The molecule has 3 rings (SSSR count). The summed E-state index contributed by atoms with van der Waals surface area (Å²) in [7, 11) is 0. The van der Waals surface area contributed by atoms with Crippen molar-refractivity contribution >= 4 is 39.0 Å². The molecule has 19 heavy (non-hydrogen) atoms. The number of nitrogens with one attached hydrogen (secondary N) is 1. The molecular formula is C14H18ClN3S. The molecule has 0 aromatic carbocycles. The summed E-state index contributed by atoms with van der Waals surface area (Å²) in [4.78, 5) is 11.0. The maximum Gasteiger partial charge on any atom is 0.225 e. The summed E-state index contributed by atoms with van der Waals surface area (Å²) in [5, 5.41) is 4.93. The Kier molecular flexibility index (Phi) is 3.89. The molecule has 5 heteroatoms. The van der Waals surface area contributed by atoms with E-state index < -0.39 is 0 Å². The Bertz CT molecular complexity index is 575. The van der Waals surface area contributed by atoms with Crippen molar-refractivity contribution in [2.75, 3.05) is 11.9 Å². The molecule has 0 radical (unpaired) electrons. The van der Waals surface area contributed by atoms with Crippen molar-refractivity contribution in [2.24, 2.45) is 5.92 Å². The van der Waals surface area contributed by atoms with Crippen LogP contribution in [0.15, 0.2) is 6.07 Å². The summed E-state index contributed by atoms with van der Waals surface area (Å²) in [5.74, 6) is 1.69. The van der Waals surface area contributed by atoms with Crippen LogP contribution in [-0.2, 0) is 6.42 Å². The highest BCUT2D eigenvalue weighted by molar-refractivity contribution is 7.18. The SMILES string of the molecule is CCc1cc2c(NCC3CCCC3)nc(Cl)nc2s1. The van der Waals surface area contributed by atoms with E-state index in [0.29, 0.717) is 5.28 Å². The van der Waals surface area contributed by atoms with Crippen LogP contribution in [0, 0.1) is 5.92 Å². The highest BCUT2D eigenvalue weighted by Crippen LogP contribution is 2.31. The molecule has 2 aromatic rings. The van der Waals surface area contributed by atoms with Gasteiger partial charge in [0.15, 0.2) is 0 Å². The molecular weight excluding hydrogens is 278 g/mol. The zero-order valence-electron chi connectivity index (χ0n) is 11.1. The first-order valence-corrected chi connectivity index (χ1v) is 8.15. The van der Waals surface area contributed by atoms with Gasteiger partial charge in [-0.1, -0.05) is 19.8 Å². The minimum absolute atomic E-state index is 0.339. The average molecular weight is 296 g/mol. The lowest BCUT2D eigenvalue weighted by Gasteiger charge is -2.11. The van der Waals surface area contributed by atoms with Gasteiger partial charge in [-0.2, -0.15) is 0 Å². The number of fused-ring (bicyclic) bond motifs is 1. The second-order valence-electron chi connectivity index (χ2n) is 5.16. The highest BCUT2D eigenvalue weighted by atomic mass is 35.5. The van der Waals surface area contributed by atoms with Gasteiger partial charge in [-0.25, -0.2) is 9.97 Å². The van der Waals surface area contributed by atoms with Crippen LogP contribution in [0.25, 0.3) is 10.2 Å². The molecule has 1 aliphatic rings. The second-order valence-corrected chi connectivity index (χ2v) is 6.61. The number of thiophene rings is 1. The first-order chi connectivity index (χ1) is 9.26. The largest absolute Gasteiger partial charge is 0.369 e. The zero-order chi connectivity index (χ0) is 13.2. The number of halogens is 1. The number of anilines is 1. The molecule has 1 saturated carbocycles. The number of nitrogens with zero attached hydrogens (tertiary/aromatic N) is 2. The van der Waals surface area contributed by atoms with Crippen molar-refractivity contribution in [1.82, 2.24) is 9.97 Å². The van der Waals surface area contributed by atoms with Crippen LogP contribution in [0.5, 0.6) is 0 Å². The van der Waals surface area contributed by atoms with Crippen LogP contribution < -0.4 is 5.32 Å². The van der Waals surface area contributed by atoms with E-state index in [-0.39, 0.29) is 0 Å². The number of aromatic nitrogens is 2. The smallest absolute Gasteiger partial charge is 0.225 e. The van der Waals surface area contributed by atoms with Gasteiger partial charge in [0.2, 0.25) is 5.28 Å². The predicted octanol–water partition coefficient (Wildman–Crippen LogP) is 4.51. The highest BCUT2D eigenvalue weighted by Gasteiger charge is 2.16. The van der Waals surface area contributed by atoms with E-state index in [0.717, 1.165) is 34.9 Å².